The van der Waals surface area contributed by atoms with E-state index in [1.165, 1.54) is 48.5 Å². The fourth-order valence-corrected chi connectivity index (χ4v) is 6.61. The molecular weight excluding hydrogens is 507 g/mol. The molecule has 0 radical (unpaired) electrons. The molecule has 0 aliphatic rings. The Morgan fingerprint density at radius 3 is 1.88 bits per heavy atom. The molecule has 3 aromatic carbocycles. The molecule has 4 aromatic rings. The standard InChI is InChI=1S/C23H16F3NO4S3/c1-33(28,29)20-8-4-16(5-9-20)22-21(15-2-6-17(24)7-3-15)27-23(32-22)34(30,31)13-14-10-18(25)12-19(26)11-14/h2-12H,13H2,1H3. The summed E-state index contributed by atoms with van der Waals surface area (Å²) in [4.78, 5) is 4.77. The Morgan fingerprint density at radius 1 is 0.765 bits per heavy atom. The molecule has 0 saturated heterocycles. The smallest absolute Gasteiger partial charge is 0.210 e. The molecule has 0 atom stereocenters. The minimum atomic E-state index is -4.10. The van der Waals surface area contributed by atoms with E-state index in [1.807, 2.05) is 0 Å². The van der Waals surface area contributed by atoms with E-state index in [1.54, 1.807) is 0 Å². The van der Waals surface area contributed by atoms with Gasteiger partial charge in [-0.15, -0.1) is 11.3 Å². The van der Waals surface area contributed by atoms with Gasteiger partial charge in [0.25, 0.3) is 0 Å². The van der Waals surface area contributed by atoms with E-state index in [-0.39, 0.29) is 20.5 Å². The van der Waals surface area contributed by atoms with Crippen LogP contribution < -0.4 is 0 Å². The van der Waals surface area contributed by atoms with E-state index in [0.717, 1.165) is 29.7 Å². The Labute approximate surface area is 198 Å². The van der Waals surface area contributed by atoms with Crippen LogP contribution in [0.3, 0.4) is 0 Å². The lowest BCUT2D eigenvalue weighted by Gasteiger charge is -2.04. The van der Waals surface area contributed by atoms with E-state index >= 15 is 0 Å². The second-order valence-corrected chi connectivity index (χ2v) is 12.7. The van der Waals surface area contributed by atoms with Gasteiger partial charge in [-0.1, -0.05) is 12.1 Å². The van der Waals surface area contributed by atoms with Crippen LogP contribution >= 0.6 is 11.3 Å². The summed E-state index contributed by atoms with van der Waals surface area (Å²) in [5, 5.41) is 0. The second kappa shape index (κ2) is 8.97. The molecule has 34 heavy (non-hydrogen) atoms. The SMILES string of the molecule is CS(=O)(=O)c1ccc(-c2sc(S(=O)(=O)Cc3cc(F)cc(F)c3)nc2-c2ccc(F)cc2)cc1. The number of hydrogen-bond acceptors (Lipinski definition) is 6. The number of sulfone groups is 2. The molecule has 0 saturated carbocycles. The molecule has 11 heteroatoms. The van der Waals surface area contributed by atoms with E-state index in [4.69, 9.17) is 0 Å². The summed E-state index contributed by atoms with van der Waals surface area (Å²) in [6.45, 7) is 0. The maximum atomic E-state index is 13.5. The average molecular weight is 524 g/mol. The highest BCUT2D eigenvalue weighted by atomic mass is 32.2. The van der Waals surface area contributed by atoms with Crippen molar-refractivity contribution in [1.82, 2.24) is 4.98 Å². The van der Waals surface area contributed by atoms with Crippen molar-refractivity contribution in [3.8, 4) is 21.7 Å². The summed E-state index contributed by atoms with van der Waals surface area (Å²) in [5.74, 6) is -2.96. The van der Waals surface area contributed by atoms with Gasteiger partial charge in [0.2, 0.25) is 14.2 Å². The number of benzene rings is 3. The average Bonchev–Trinajstić information content (AvgIpc) is 3.19. The Morgan fingerprint density at radius 2 is 1.32 bits per heavy atom. The van der Waals surface area contributed by atoms with E-state index in [0.29, 0.717) is 22.1 Å². The number of hydrogen-bond donors (Lipinski definition) is 0. The van der Waals surface area contributed by atoms with Crippen LogP contribution in [0.2, 0.25) is 0 Å². The largest absolute Gasteiger partial charge is 0.224 e. The van der Waals surface area contributed by atoms with Crippen LogP contribution in [-0.4, -0.2) is 28.1 Å². The van der Waals surface area contributed by atoms with Crippen LogP contribution in [0.1, 0.15) is 5.56 Å². The molecule has 0 aliphatic carbocycles. The Hall–Kier alpha value is -3.02. The summed E-state index contributed by atoms with van der Waals surface area (Å²) in [7, 11) is -7.54. The van der Waals surface area contributed by atoms with Crippen LogP contribution in [0.5, 0.6) is 0 Å². The zero-order valence-corrected chi connectivity index (χ0v) is 19.9. The second-order valence-electron chi connectivity index (χ2n) is 7.50. The number of thiazole rings is 1. The van der Waals surface area contributed by atoms with Gasteiger partial charge in [0.1, 0.15) is 17.5 Å². The summed E-state index contributed by atoms with van der Waals surface area (Å²) >= 11 is 0.830. The molecule has 0 amide bonds. The van der Waals surface area contributed by atoms with Gasteiger partial charge >= 0.3 is 0 Å². The summed E-state index contributed by atoms with van der Waals surface area (Å²) < 4.78 is 89.9. The molecule has 0 bridgehead atoms. The highest BCUT2D eigenvalue weighted by molar-refractivity contribution is 7.92. The third-order valence-electron chi connectivity index (χ3n) is 4.81. The van der Waals surface area contributed by atoms with Crippen molar-refractivity contribution in [2.24, 2.45) is 0 Å². The molecule has 176 valence electrons. The van der Waals surface area contributed by atoms with Crippen LogP contribution in [0.15, 0.2) is 76.0 Å². The van der Waals surface area contributed by atoms with Crippen molar-refractivity contribution >= 4 is 31.0 Å². The zero-order valence-electron chi connectivity index (χ0n) is 17.5. The van der Waals surface area contributed by atoms with E-state index in [9.17, 15) is 30.0 Å². The molecule has 0 aliphatic heterocycles. The zero-order chi connectivity index (χ0) is 24.7. The third kappa shape index (κ3) is 5.21. The quantitative estimate of drug-likeness (QED) is 0.344. The predicted molar refractivity (Wildman–Crippen MR) is 123 cm³/mol. The summed E-state index contributed by atoms with van der Waals surface area (Å²) in [6.07, 6.45) is 1.07. The molecule has 0 N–H and O–H groups in total. The first kappa shape index (κ1) is 24.1. The van der Waals surface area contributed by atoms with Crippen molar-refractivity contribution in [1.29, 1.82) is 0 Å². The number of rotatable bonds is 6. The van der Waals surface area contributed by atoms with Gasteiger partial charge in [-0.3, -0.25) is 0 Å². The highest BCUT2D eigenvalue weighted by Gasteiger charge is 2.25. The van der Waals surface area contributed by atoms with Crippen LogP contribution in [0.25, 0.3) is 21.7 Å². The molecule has 0 unspecified atom stereocenters. The summed E-state index contributed by atoms with van der Waals surface area (Å²) in [5.41, 5.74) is 1.12. The van der Waals surface area contributed by atoms with E-state index < -0.39 is 42.9 Å². The minimum Gasteiger partial charge on any atom is -0.224 e. The first-order chi connectivity index (χ1) is 15.9. The van der Waals surface area contributed by atoms with Crippen molar-refractivity contribution in [2.75, 3.05) is 6.26 Å². The van der Waals surface area contributed by atoms with Crippen molar-refractivity contribution in [3.05, 3.63) is 89.7 Å². The van der Waals surface area contributed by atoms with E-state index in [2.05, 4.69) is 4.98 Å². The van der Waals surface area contributed by atoms with Gasteiger partial charge in [0, 0.05) is 17.9 Å². The first-order valence-corrected chi connectivity index (χ1v) is 14.0. The normalized spacial score (nSPS) is 12.1. The molecule has 4 rings (SSSR count). The minimum absolute atomic E-state index is 0.0740. The Kier molecular flexibility index (Phi) is 6.36. The molecule has 0 fully saturated rings. The van der Waals surface area contributed by atoms with Gasteiger partial charge in [0.05, 0.1) is 21.2 Å². The van der Waals surface area contributed by atoms with Gasteiger partial charge in [-0.2, -0.15) is 0 Å². The van der Waals surface area contributed by atoms with Crippen molar-refractivity contribution < 1.29 is 30.0 Å². The highest BCUT2D eigenvalue weighted by Crippen LogP contribution is 2.39. The third-order valence-corrected chi connectivity index (χ3v) is 9.19. The lowest BCUT2D eigenvalue weighted by molar-refractivity contribution is 0.578. The van der Waals surface area contributed by atoms with Crippen LogP contribution in [-0.2, 0) is 25.4 Å². The lowest BCUT2D eigenvalue weighted by Crippen LogP contribution is -2.05. The van der Waals surface area contributed by atoms with Gasteiger partial charge in [-0.25, -0.2) is 35.0 Å². The monoisotopic (exact) mass is 523 g/mol. The maximum Gasteiger partial charge on any atom is 0.210 e. The molecular formula is C23H16F3NO4S3. The van der Waals surface area contributed by atoms with Gasteiger partial charge < -0.3 is 0 Å². The molecule has 5 nitrogen and oxygen atoms in total. The summed E-state index contributed by atoms with van der Waals surface area (Å²) in [6, 6.07) is 13.6. The fourth-order valence-electron chi connectivity index (χ4n) is 3.26. The van der Waals surface area contributed by atoms with Gasteiger partial charge in [-0.05, 0) is 59.7 Å². The predicted octanol–water partition coefficient (Wildman–Crippen LogP) is 5.27. The first-order valence-electron chi connectivity index (χ1n) is 9.67. The van der Waals surface area contributed by atoms with Crippen LogP contribution in [0.4, 0.5) is 13.2 Å². The fraction of sp³-hybridized carbons (Fsp3) is 0.0870. The Balaban J connectivity index is 1.82. The van der Waals surface area contributed by atoms with Crippen molar-refractivity contribution in [2.45, 2.75) is 15.0 Å². The molecule has 0 spiro atoms. The topological polar surface area (TPSA) is 81.2 Å². The maximum absolute atomic E-state index is 13.5. The van der Waals surface area contributed by atoms with Gasteiger partial charge in [0.15, 0.2) is 9.84 Å². The number of nitrogens with zero attached hydrogens (tertiary/aromatic N) is 1. The Bertz CT molecular complexity index is 1560. The van der Waals surface area contributed by atoms with Crippen molar-refractivity contribution in [3.63, 3.8) is 0 Å². The number of aromatic nitrogens is 1. The lowest BCUT2D eigenvalue weighted by atomic mass is 10.1. The number of halogens is 3. The molecule has 1 aromatic heterocycles. The molecule has 1 heterocycles. The van der Waals surface area contributed by atoms with Crippen LogP contribution in [0, 0.1) is 17.5 Å².